The first-order valence-corrected chi connectivity index (χ1v) is 7.49. The van der Waals surface area contributed by atoms with Crippen LogP contribution in [0.2, 0.25) is 0 Å². The smallest absolute Gasteiger partial charge is 0.121 e. The van der Waals surface area contributed by atoms with Crippen LogP contribution in [0, 0.1) is 6.92 Å². The molecule has 0 spiro atoms. The molecule has 0 atom stereocenters. The molecule has 2 aromatic carbocycles. The molecule has 102 valence electrons. The van der Waals surface area contributed by atoms with Gasteiger partial charge in [0.1, 0.15) is 5.75 Å². The summed E-state index contributed by atoms with van der Waals surface area (Å²) in [5, 5.41) is 7.06. The van der Waals surface area contributed by atoms with Crippen molar-refractivity contribution in [2.24, 2.45) is 0 Å². The summed E-state index contributed by atoms with van der Waals surface area (Å²) >= 11 is 1.80. The van der Waals surface area contributed by atoms with Crippen molar-refractivity contribution in [3.8, 4) is 5.75 Å². The standard InChI is InChI=1S/C17H17NOS/c1-12-9-14(7-8-16(12)19-2)18-10-13-11-20-17-6-4-3-5-15(13)17/h3-9,11,18H,10H2,1-2H3. The van der Waals surface area contributed by atoms with Gasteiger partial charge in [0.15, 0.2) is 0 Å². The molecule has 0 bridgehead atoms. The topological polar surface area (TPSA) is 21.3 Å². The third-order valence-electron chi connectivity index (χ3n) is 3.44. The summed E-state index contributed by atoms with van der Waals surface area (Å²) in [6.07, 6.45) is 0. The van der Waals surface area contributed by atoms with E-state index in [2.05, 4.69) is 54.0 Å². The summed E-state index contributed by atoms with van der Waals surface area (Å²) < 4.78 is 6.62. The van der Waals surface area contributed by atoms with Crippen molar-refractivity contribution in [1.29, 1.82) is 0 Å². The molecule has 1 heterocycles. The summed E-state index contributed by atoms with van der Waals surface area (Å²) in [6.45, 7) is 2.90. The number of rotatable bonds is 4. The fraction of sp³-hybridized carbons (Fsp3) is 0.176. The maximum Gasteiger partial charge on any atom is 0.121 e. The van der Waals surface area contributed by atoms with Gasteiger partial charge in [0.2, 0.25) is 0 Å². The van der Waals surface area contributed by atoms with Gasteiger partial charge >= 0.3 is 0 Å². The number of thiophene rings is 1. The number of benzene rings is 2. The van der Waals surface area contributed by atoms with Gasteiger partial charge in [0, 0.05) is 16.9 Å². The summed E-state index contributed by atoms with van der Waals surface area (Å²) in [7, 11) is 1.70. The first-order valence-electron chi connectivity index (χ1n) is 6.61. The zero-order valence-electron chi connectivity index (χ0n) is 11.6. The Kier molecular flexibility index (Phi) is 3.61. The normalized spacial score (nSPS) is 10.7. The molecule has 0 amide bonds. The second-order valence-corrected chi connectivity index (χ2v) is 5.71. The Morgan fingerprint density at radius 1 is 1.15 bits per heavy atom. The number of methoxy groups -OCH3 is 1. The molecule has 2 nitrogen and oxygen atoms in total. The highest BCUT2D eigenvalue weighted by Crippen LogP contribution is 2.27. The molecule has 0 unspecified atom stereocenters. The van der Waals surface area contributed by atoms with E-state index >= 15 is 0 Å². The average Bonchev–Trinajstić information content (AvgIpc) is 2.88. The minimum Gasteiger partial charge on any atom is -0.496 e. The fourth-order valence-corrected chi connectivity index (χ4v) is 3.32. The Labute approximate surface area is 123 Å². The van der Waals surface area contributed by atoms with Gasteiger partial charge in [0.05, 0.1) is 7.11 Å². The lowest BCUT2D eigenvalue weighted by atomic mass is 10.1. The molecule has 0 saturated heterocycles. The quantitative estimate of drug-likeness (QED) is 0.740. The van der Waals surface area contributed by atoms with E-state index in [0.29, 0.717) is 0 Å². The number of aryl methyl sites for hydroxylation is 1. The van der Waals surface area contributed by atoms with Crippen LogP contribution in [0.15, 0.2) is 47.8 Å². The maximum atomic E-state index is 5.28. The molecule has 0 aliphatic carbocycles. The molecule has 20 heavy (non-hydrogen) atoms. The fourth-order valence-electron chi connectivity index (χ4n) is 2.36. The van der Waals surface area contributed by atoms with Crippen LogP contribution in [0.3, 0.4) is 0 Å². The predicted molar refractivity (Wildman–Crippen MR) is 86.9 cm³/mol. The first-order chi connectivity index (χ1) is 9.78. The lowest BCUT2D eigenvalue weighted by Crippen LogP contribution is -1.99. The number of hydrogen-bond donors (Lipinski definition) is 1. The highest BCUT2D eigenvalue weighted by atomic mass is 32.1. The van der Waals surface area contributed by atoms with Crippen LogP contribution in [-0.4, -0.2) is 7.11 Å². The Hall–Kier alpha value is -2.00. The molecule has 3 rings (SSSR count). The monoisotopic (exact) mass is 283 g/mol. The summed E-state index contributed by atoms with van der Waals surface area (Å²) in [4.78, 5) is 0. The molecule has 0 radical (unpaired) electrons. The Morgan fingerprint density at radius 3 is 2.80 bits per heavy atom. The van der Waals surface area contributed by atoms with E-state index in [0.717, 1.165) is 23.5 Å². The van der Waals surface area contributed by atoms with Gasteiger partial charge in [-0.1, -0.05) is 18.2 Å². The lowest BCUT2D eigenvalue weighted by Gasteiger charge is -2.09. The van der Waals surface area contributed by atoms with Gasteiger partial charge < -0.3 is 10.1 Å². The van der Waals surface area contributed by atoms with Crippen LogP contribution >= 0.6 is 11.3 Å². The summed E-state index contributed by atoms with van der Waals surface area (Å²) in [5.74, 6) is 0.927. The van der Waals surface area contributed by atoms with Crippen molar-refractivity contribution in [3.63, 3.8) is 0 Å². The largest absolute Gasteiger partial charge is 0.496 e. The van der Waals surface area contributed by atoms with Gasteiger partial charge in [-0.2, -0.15) is 0 Å². The number of anilines is 1. The summed E-state index contributed by atoms with van der Waals surface area (Å²) in [6, 6.07) is 14.7. The van der Waals surface area contributed by atoms with Gasteiger partial charge in [-0.3, -0.25) is 0 Å². The van der Waals surface area contributed by atoms with Crippen LogP contribution in [0.5, 0.6) is 5.75 Å². The van der Waals surface area contributed by atoms with Crippen LogP contribution in [-0.2, 0) is 6.54 Å². The first kappa shape index (κ1) is 13.0. The SMILES string of the molecule is COc1ccc(NCc2csc3ccccc23)cc1C. The van der Waals surface area contributed by atoms with Crippen LogP contribution in [0.25, 0.3) is 10.1 Å². The van der Waals surface area contributed by atoms with Crippen molar-refractivity contribution in [2.45, 2.75) is 13.5 Å². The predicted octanol–water partition coefficient (Wildman–Crippen LogP) is 4.83. The number of fused-ring (bicyclic) bond motifs is 1. The van der Waals surface area contributed by atoms with Crippen molar-refractivity contribution >= 4 is 27.1 Å². The van der Waals surface area contributed by atoms with Crippen LogP contribution in [0.4, 0.5) is 5.69 Å². The Bertz CT molecular complexity index is 733. The molecule has 3 heteroatoms. The summed E-state index contributed by atoms with van der Waals surface area (Å²) in [5.41, 5.74) is 3.62. The zero-order valence-corrected chi connectivity index (χ0v) is 12.5. The van der Waals surface area contributed by atoms with Crippen molar-refractivity contribution < 1.29 is 4.74 Å². The van der Waals surface area contributed by atoms with Gasteiger partial charge in [-0.05, 0) is 53.1 Å². The Balaban J connectivity index is 1.78. The zero-order chi connectivity index (χ0) is 13.9. The molecule has 0 saturated carbocycles. The van der Waals surface area contributed by atoms with Crippen molar-refractivity contribution in [3.05, 3.63) is 59.0 Å². The highest BCUT2D eigenvalue weighted by Gasteiger charge is 2.04. The van der Waals surface area contributed by atoms with E-state index in [9.17, 15) is 0 Å². The molecule has 1 N–H and O–H groups in total. The second kappa shape index (κ2) is 5.55. The third kappa shape index (κ3) is 2.49. The average molecular weight is 283 g/mol. The molecule has 3 aromatic rings. The molecule has 0 fully saturated rings. The van der Waals surface area contributed by atoms with Crippen LogP contribution < -0.4 is 10.1 Å². The third-order valence-corrected chi connectivity index (χ3v) is 4.45. The van der Waals surface area contributed by atoms with Gasteiger partial charge in [-0.25, -0.2) is 0 Å². The van der Waals surface area contributed by atoms with Crippen LogP contribution in [0.1, 0.15) is 11.1 Å². The van der Waals surface area contributed by atoms with E-state index in [1.165, 1.54) is 15.6 Å². The Morgan fingerprint density at radius 2 is 2.00 bits per heavy atom. The highest BCUT2D eigenvalue weighted by molar-refractivity contribution is 7.17. The van der Waals surface area contributed by atoms with E-state index in [1.807, 2.05) is 6.07 Å². The lowest BCUT2D eigenvalue weighted by molar-refractivity contribution is 0.412. The molecule has 0 aliphatic rings. The van der Waals surface area contributed by atoms with Crippen molar-refractivity contribution in [2.75, 3.05) is 12.4 Å². The van der Waals surface area contributed by atoms with E-state index in [4.69, 9.17) is 4.74 Å². The minimum absolute atomic E-state index is 0.843. The molecule has 0 aliphatic heterocycles. The van der Waals surface area contributed by atoms with Gasteiger partial charge in [0.25, 0.3) is 0 Å². The van der Waals surface area contributed by atoms with Crippen molar-refractivity contribution in [1.82, 2.24) is 0 Å². The number of hydrogen-bond acceptors (Lipinski definition) is 3. The number of nitrogens with one attached hydrogen (secondary N) is 1. The number of ether oxygens (including phenoxy) is 1. The second-order valence-electron chi connectivity index (χ2n) is 4.80. The minimum atomic E-state index is 0.843. The molecular formula is C17H17NOS. The molecule has 1 aromatic heterocycles. The van der Waals surface area contributed by atoms with E-state index in [1.54, 1.807) is 18.4 Å². The molecular weight excluding hydrogens is 266 g/mol. The van der Waals surface area contributed by atoms with E-state index in [-0.39, 0.29) is 0 Å². The van der Waals surface area contributed by atoms with Gasteiger partial charge in [-0.15, -0.1) is 11.3 Å². The van der Waals surface area contributed by atoms with E-state index < -0.39 is 0 Å². The maximum absolute atomic E-state index is 5.28.